The largest absolute Gasteiger partial charge is 0.378 e. The Balaban J connectivity index is 0.00000363. The fourth-order valence-electron chi connectivity index (χ4n) is 3.52. The Morgan fingerprint density at radius 1 is 1.09 bits per heavy atom. The van der Waals surface area contributed by atoms with Crippen LogP contribution in [0.4, 0.5) is 4.39 Å². The highest BCUT2D eigenvalue weighted by molar-refractivity contribution is 14.0. The van der Waals surface area contributed by atoms with E-state index in [2.05, 4.69) is 10.6 Å². The minimum atomic E-state index is -0.341. The molecule has 0 saturated carbocycles. The van der Waals surface area contributed by atoms with Gasteiger partial charge in [-0.2, -0.15) is 0 Å². The minimum Gasteiger partial charge on any atom is -0.378 e. The number of aliphatic imine (C=N–C) groups is 1. The van der Waals surface area contributed by atoms with Gasteiger partial charge in [-0.15, -0.1) is 24.0 Å². The Kier molecular flexibility index (Phi) is 11.4. The van der Waals surface area contributed by atoms with Crippen LogP contribution in [0.2, 0.25) is 0 Å². The normalized spacial score (nSPS) is 14.9. The van der Waals surface area contributed by atoms with Crippen molar-refractivity contribution in [3.63, 3.8) is 0 Å². The van der Waals surface area contributed by atoms with Gasteiger partial charge in [-0.25, -0.2) is 4.39 Å². The Bertz CT molecular complexity index is 843. The van der Waals surface area contributed by atoms with Crippen molar-refractivity contribution in [1.29, 1.82) is 0 Å². The predicted molar refractivity (Wildman–Crippen MR) is 136 cm³/mol. The van der Waals surface area contributed by atoms with Gasteiger partial charge in [0.05, 0.1) is 25.7 Å². The molecule has 174 valence electrons. The van der Waals surface area contributed by atoms with Crippen molar-refractivity contribution < 1.29 is 13.9 Å². The molecular formula is C24H32FIN4O2. The first-order valence-electron chi connectivity index (χ1n) is 10.9. The Morgan fingerprint density at radius 3 is 2.44 bits per heavy atom. The third-order valence-corrected chi connectivity index (χ3v) is 5.22. The zero-order chi connectivity index (χ0) is 21.9. The van der Waals surface area contributed by atoms with Crippen LogP contribution < -0.4 is 10.6 Å². The average Bonchev–Trinajstić information content (AvgIpc) is 2.81. The molecule has 2 aromatic rings. The molecule has 8 heteroatoms. The molecule has 0 bridgehead atoms. The summed E-state index contributed by atoms with van der Waals surface area (Å²) in [7, 11) is 0. The van der Waals surface area contributed by atoms with E-state index >= 15 is 0 Å². The number of rotatable bonds is 8. The van der Waals surface area contributed by atoms with Crippen LogP contribution in [0.5, 0.6) is 0 Å². The second-order valence-corrected chi connectivity index (χ2v) is 7.42. The third kappa shape index (κ3) is 8.05. The van der Waals surface area contributed by atoms with Crippen molar-refractivity contribution >= 4 is 35.8 Å². The van der Waals surface area contributed by atoms with Gasteiger partial charge < -0.3 is 20.3 Å². The van der Waals surface area contributed by atoms with Crippen molar-refractivity contribution in [2.24, 2.45) is 4.99 Å². The van der Waals surface area contributed by atoms with E-state index in [4.69, 9.17) is 9.73 Å². The van der Waals surface area contributed by atoms with Crippen LogP contribution in [-0.2, 0) is 16.0 Å². The number of nitrogens with zero attached hydrogens (tertiary/aromatic N) is 2. The molecule has 1 aliphatic heterocycles. The lowest BCUT2D eigenvalue weighted by Crippen LogP contribution is -2.44. The lowest BCUT2D eigenvalue weighted by atomic mass is 9.97. The monoisotopic (exact) mass is 554 g/mol. The quantitative estimate of drug-likeness (QED) is 0.299. The van der Waals surface area contributed by atoms with Crippen molar-refractivity contribution in [1.82, 2.24) is 15.5 Å². The summed E-state index contributed by atoms with van der Waals surface area (Å²) in [6.45, 7) is 6.11. The molecule has 0 aromatic heterocycles. The maximum Gasteiger partial charge on any atom is 0.232 e. The Morgan fingerprint density at radius 2 is 1.78 bits per heavy atom. The van der Waals surface area contributed by atoms with E-state index in [1.165, 1.54) is 12.1 Å². The Labute approximate surface area is 206 Å². The standard InChI is InChI=1S/C24H31FN4O2.HI/c1-2-26-24(27-13-12-19-8-10-21(25)11-9-19)28-18-22(20-6-4-3-5-7-20)23(30)29-14-16-31-17-15-29;/h3-11,22H,2,12-18H2,1H3,(H2,26,27,28);1H. The highest BCUT2D eigenvalue weighted by atomic mass is 127. The van der Waals surface area contributed by atoms with Gasteiger partial charge in [0.2, 0.25) is 5.91 Å². The lowest BCUT2D eigenvalue weighted by molar-refractivity contribution is -0.136. The molecule has 1 amide bonds. The predicted octanol–water partition coefficient (Wildman–Crippen LogP) is 3.18. The van der Waals surface area contributed by atoms with Crippen molar-refractivity contribution in [3.05, 3.63) is 71.5 Å². The summed E-state index contributed by atoms with van der Waals surface area (Å²) < 4.78 is 18.5. The van der Waals surface area contributed by atoms with E-state index in [-0.39, 0.29) is 41.6 Å². The van der Waals surface area contributed by atoms with Crippen LogP contribution in [0.3, 0.4) is 0 Å². The summed E-state index contributed by atoms with van der Waals surface area (Å²) in [6.07, 6.45) is 0.750. The summed E-state index contributed by atoms with van der Waals surface area (Å²) in [6, 6.07) is 16.3. The van der Waals surface area contributed by atoms with Crippen molar-refractivity contribution in [3.8, 4) is 0 Å². The first-order valence-corrected chi connectivity index (χ1v) is 10.9. The number of amides is 1. The van der Waals surface area contributed by atoms with Gasteiger partial charge in [-0.05, 0) is 36.6 Å². The summed E-state index contributed by atoms with van der Waals surface area (Å²) in [5, 5.41) is 6.55. The summed E-state index contributed by atoms with van der Waals surface area (Å²) in [4.78, 5) is 19.8. The first-order chi connectivity index (χ1) is 15.2. The number of halogens is 2. The van der Waals surface area contributed by atoms with E-state index in [9.17, 15) is 9.18 Å². The van der Waals surface area contributed by atoms with E-state index in [1.54, 1.807) is 12.1 Å². The number of hydrogen-bond acceptors (Lipinski definition) is 3. The molecular weight excluding hydrogens is 522 g/mol. The van der Waals surface area contributed by atoms with Gasteiger partial charge in [0, 0.05) is 26.2 Å². The molecule has 2 N–H and O–H groups in total. The van der Waals surface area contributed by atoms with Gasteiger partial charge in [0.1, 0.15) is 5.82 Å². The molecule has 0 radical (unpaired) electrons. The zero-order valence-corrected chi connectivity index (χ0v) is 20.8. The molecule has 1 fully saturated rings. The highest BCUT2D eigenvalue weighted by Crippen LogP contribution is 2.20. The molecule has 1 saturated heterocycles. The maximum absolute atomic E-state index is 13.2. The van der Waals surface area contributed by atoms with E-state index < -0.39 is 0 Å². The van der Waals surface area contributed by atoms with E-state index in [0.29, 0.717) is 45.4 Å². The molecule has 1 aliphatic rings. The molecule has 6 nitrogen and oxygen atoms in total. The first kappa shape index (κ1) is 26.1. The number of ether oxygens (including phenoxy) is 1. The van der Waals surface area contributed by atoms with Crippen LogP contribution in [-0.4, -0.2) is 62.7 Å². The number of hydrogen-bond donors (Lipinski definition) is 2. The van der Waals surface area contributed by atoms with E-state index in [0.717, 1.165) is 24.1 Å². The maximum atomic E-state index is 13.2. The molecule has 2 aromatic carbocycles. The fraction of sp³-hybridized carbons (Fsp3) is 0.417. The average molecular weight is 554 g/mol. The smallest absolute Gasteiger partial charge is 0.232 e. The van der Waals surface area contributed by atoms with Gasteiger partial charge in [-0.1, -0.05) is 42.5 Å². The second-order valence-electron chi connectivity index (χ2n) is 7.42. The number of morpholine rings is 1. The van der Waals surface area contributed by atoms with Crippen molar-refractivity contribution in [2.45, 2.75) is 19.3 Å². The molecule has 0 spiro atoms. The third-order valence-electron chi connectivity index (χ3n) is 5.22. The van der Waals surface area contributed by atoms with Crippen LogP contribution in [0.25, 0.3) is 0 Å². The molecule has 32 heavy (non-hydrogen) atoms. The summed E-state index contributed by atoms with van der Waals surface area (Å²) in [5.41, 5.74) is 2.01. The van der Waals surface area contributed by atoms with Crippen LogP contribution >= 0.6 is 24.0 Å². The SMILES string of the molecule is CCNC(=NCC(C(=O)N1CCOCC1)c1ccccc1)NCCc1ccc(F)cc1.I. The number of carbonyl (C=O) groups excluding carboxylic acids is 1. The highest BCUT2D eigenvalue weighted by Gasteiger charge is 2.27. The molecule has 1 unspecified atom stereocenters. The number of guanidine groups is 1. The second kappa shape index (κ2) is 14.1. The van der Waals surface area contributed by atoms with Gasteiger partial charge >= 0.3 is 0 Å². The lowest BCUT2D eigenvalue weighted by Gasteiger charge is -2.30. The van der Waals surface area contributed by atoms with Crippen LogP contribution in [0, 0.1) is 5.82 Å². The molecule has 1 atom stereocenters. The van der Waals surface area contributed by atoms with Gasteiger partial charge in [0.15, 0.2) is 5.96 Å². The van der Waals surface area contributed by atoms with Crippen molar-refractivity contribution in [2.75, 3.05) is 45.9 Å². The molecule has 1 heterocycles. The zero-order valence-electron chi connectivity index (χ0n) is 18.4. The molecule has 3 rings (SSSR count). The fourth-order valence-corrected chi connectivity index (χ4v) is 3.52. The molecule has 0 aliphatic carbocycles. The van der Waals surface area contributed by atoms with Gasteiger partial charge in [-0.3, -0.25) is 9.79 Å². The number of carbonyl (C=O) groups is 1. The minimum absolute atomic E-state index is 0. The van der Waals surface area contributed by atoms with Gasteiger partial charge in [0.25, 0.3) is 0 Å². The van der Waals surface area contributed by atoms with E-state index in [1.807, 2.05) is 42.2 Å². The number of nitrogens with one attached hydrogen (secondary N) is 2. The Hall–Kier alpha value is -2.20. The van der Waals surface area contributed by atoms with Crippen LogP contribution in [0.1, 0.15) is 24.0 Å². The summed E-state index contributed by atoms with van der Waals surface area (Å²) >= 11 is 0. The summed E-state index contributed by atoms with van der Waals surface area (Å²) in [5.74, 6) is 0.177. The number of benzene rings is 2. The topological polar surface area (TPSA) is 66.0 Å². The van der Waals surface area contributed by atoms with Crippen LogP contribution in [0.15, 0.2) is 59.6 Å².